The molecule has 0 atom stereocenters. The Balaban J connectivity index is 1.66. The van der Waals surface area contributed by atoms with Crippen LogP contribution in [0.5, 0.6) is 11.5 Å². The molecule has 1 aliphatic rings. The van der Waals surface area contributed by atoms with Gasteiger partial charge in [0.15, 0.2) is 11.5 Å². The van der Waals surface area contributed by atoms with E-state index in [2.05, 4.69) is 9.97 Å². The van der Waals surface area contributed by atoms with E-state index in [0.29, 0.717) is 42.2 Å². The number of aromatic nitrogens is 2. The van der Waals surface area contributed by atoms with Gasteiger partial charge in [-0.25, -0.2) is 8.78 Å². The monoisotopic (exact) mass is 309 g/mol. The van der Waals surface area contributed by atoms with Gasteiger partial charge in [-0.1, -0.05) is 0 Å². The summed E-state index contributed by atoms with van der Waals surface area (Å²) in [5.41, 5.74) is 1.41. The van der Waals surface area contributed by atoms with Gasteiger partial charge in [0.05, 0.1) is 24.7 Å². The quantitative estimate of drug-likeness (QED) is 0.848. The van der Waals surface area contributed by atoms with Gasteiger partial charge in [-0.3, -0.25) is 14.9 Å². The minimum Gasteiger partial charge on any atom is -0.493 e. The van der Waals surface area contributed by atoms with Gasteiger partial charge >= 0.3 is 0 Å². The Morgan fingerprint density at radius 2 is 1.86 bits per heavy atom. The van der Waals surface area contributed by atoms with Gasteiger partial charge in [-0.2, -0.15) is 0 Å². The van der Waals surface area contributed by atoms with E-state index in [1.165, 1.54) is 0 Å². The van der Waals surface area contributed by atoms with Crippen LogP contribution in [0.3, 0.4) is 0 Å². The zero-order chi connectivity index (χ0) is 15.6. The molecular formula is C15H17F2N3O2. The first kappa shape index (κ1) is 14.9. The molecule has 3 rings (SSSR count). The molecule has 1 aromatic carbocycles. The number of nitrogens with zero attached hydrogens (tertiary/aromatic N) is 3. The Hall–Kier alpha value is -2.02. The van der Waals surface area contributed by atoms with E-state index in [1.807, 2.05) is 0 Å². The average Bonchev–Trinajstić information content (AvgIpc) is 2.85. The van der Waals surface area contributed by atoms with Crippen LogP contribution in [0.2, 0.25) is 0 Å². The van der Waals surface area contributed by atoms with Crippen LogP contribution in [0.1, 0.15) is 6.42 Å². The Morgan fingerprint density at radius 3 is 2.45 bits per heavy atom. The molecule has 0 saturated carbocycles. The van der Waals surface area contributed by atoms with Crippen molar-refractivity contribution in [2.24, 2.45) is 0 Å². The van der Waals surface area contributed by atoms with Gasteiger partial charge in [-0.05, 0) is 0 Å². The molecule has 0 spiro atoms. The van der Waals surface area contributed by atoms with Crippen molar-refractivity contribution in [3.05, 3.63) is 24.5 Å². The maximum Gasteiger partial charge on any atom is 0.261 e. The molecule has 5 nitrogen and oxygen atoms in total. The van der Waals surface area contributed by atoms with Crippen LogP contribution in [0, 0.1) is 0 Å². The summed E-state index contributed by atoms with van der Waals surface area (Å²) < 4.78 is 37.2. The lowest BCUT2D eigenvalue weighted by Crippen LogP contribution is -2.29. The summed E-state index contributed by atoms with van der Waals surface area (Å²) >= 11 is 0. The van der Waals surface area contributed by atoms with Crippen molar-refractivity contribution < 1.29 is 18.3 Å². The highest BCUT2D eigenvalue weighted by atomic mass is 19.3. The van der Waals surface area contributed by atoms with Gasteiger partial charge in [-0.15, -0.1) is 0 Å². The molecule has 0 N–H and O–H groups in total. The van der Waals surface area contributed by atoms with Crippen molar-refractivity contribution in [2.75, 3.05) is 33.4 Å². The van der Waals surface area contributed by atoms with Crippen LogP contribution in [0.4, 0.5) is 8.78 Å². The molecule has 1 saturated heterocycles. The van der Waals surface area contributed by atoms with Gasteiger partial charge in [0.25, 0.3) is 5.92 Å². The van der Waals surface area contributed by atoms with Crippen molar-refractivity contribution in [1.82, 2.24) is 14.9 Å². The number of likely N-dealkylation sites (tertiary alicyclic amines) is 1. The third-order valence-electron chi connectivity index (χ3n) is 3.67. The molecule has 0 bridgehead atoms. The van der Waals surface area contributed by atoms with E-state index in [4.69, 9.17) is 9.47 Å². The molecule has 118 valence electrons. The molecule has 22 heavy (non-hydrogen) atoms. The molecule has 1 aliphatic heterocycles. The second-order valence-electron chi connectivity index (χ2n) is 5.28. The zero-order valence-electron chi connectivity index (χ0n) is 12.3. The Labute approximate surface area is 126 Å². The van der Waals surface area contributed by atoms with E-state index >= 15 is 0 Å². The molecule has 2 heterocycles. The molecule has 2 aromatic rings. The maximum absolute atomic E-state index is 13.1. The van der Waals surface area contributed by atoms with Crippen LogP contribution in [-0.4, -0.2) is 54.1 Å². The number of methoxy groups -OCH3 is 1. The van der Waals surface area contributed by atoms with Crippen LogP contribution < -0.4 is 9.47 Å². The Bertz CT molecular complexity index is 666. The summed E-state index contributed by atoms with van der Waals surface area (Å²) in [6.45, 7) is 0.975. The van der Waals surface area contributed by atoms with Crippen LogP contribution in [0.15, 0.2) is 24.5 Å². The topological polar surface area (TPSA) is 47.5 Å². The Morgan fingerprint density at radius 1 is 1.18 bits per heavy atom. The normalized spacial score (nSPS) is 17.8. The standard InChI is InChI=1S/C15H17F2N3O2/c1-21-13-8-11-12(19-4-3-18-11)9-14(13)22-7-6-20-5-2-15(16,17)10-20/h3-4,8-9H,2,5-7,10H2,1H3. The van der Waals surface area contributed by atoms with Crippen molar-refractivity contribution in [1.29, 1.82) is 0 Å². The highest BCUT2D eigenvalue weighted by Crippen LogP contribution is 2.31. The molecule has 1 fully saturated rings. The first-order valence-corrected chi connectivity index (χ1v) is 7.09. The summed E-state index contributed by atoms with van der Waals surface area (Å²) in [5, 5.41) is 0. The van der Waals surface area contributed by atoms with Crippen LogP contribution in [-0.2, 0) is 0 Å². The number of benzene rings is 1. The largest absolute Gasteiger partial charge is 0.493 e. The fourth-order valence-electron chi connectivity index (χ4n) is 2.53. The third kappa shape index (κ3) is 3.24. The first-order chi connectivity index (χ1) is 10.6. The van der Waals surface area contributed by atoms with Crippen molar-refractivity contribution >= 4 is 11.0 Å². The molecule has 0 aliphatic carbocycles. The number of rotatable bonds is 5. The predicted molar refractivity (Wildman–Crippen MR) is 77.6 cm³/mol. The van der Waals surface area contributed by atoms with Crippen LogP contribution >= 0.6 is 0 Å². The fraction of sp³-hybridized carbons (Fsp3) is 0.467. The van der Waals surface area contributed by atoms with E-state index in [-0.39, 0.29) is 13.0 Å². The minimum absolute atomic E-state index is 0.0815. The number of halogens is 2. The second kappa shape index (κ2) is 6.00. The summed E-state index contributed by atoms with van der Waals surface area (Å²) in [5.74, 6) is -1.47. The van der Waals surface area contributed by atoms with Gasteiger partial charge in [0.1, 0.15) is 6.61 Å². The smallest absolute Gasteiger partial charge is 0.261 e. The van der Waals surface area contributed by atoms with E-state index in [1.54, 1.807) is 36.5 Å². The van der Waals surface area contributed by atoms with Crippen molar-refractivity contribution in [2.45, 2.75) is 12.3 Å². The van der Waals surface area contributed by atoms with Crippen LogP contribution in [0.25, 0.3) is 11.0 Å². The van der Waals surface area contributed by atoms with E-state index in [9.17, 15) is 8.78 Å². The minimum atomic E-state index is -2.57. The molecule has 7 heteroatoms. The summed E-state index contributed by atoms with van der Waals surface area (Å²) in [6.07, 6.45) is 3.13. The SMILES string of the molecule is COc1cc2nccnc2cc1OCCN1CCC(F)(F)C1. The number of ether oxygens (including phenoxy) is 2. The molecule has 1 aromatic heterocycles. The van der Waals surface area contributed by atoms with Crippen molar-refractivity contribution in [3.8, 4) is 11.5 Å². The lowest BCUT2D eigenvalue weighted by Gasteiger charge is -2.17. The molecule has 0 unspecified atom stereocenters. The van der Waals surface area contributed by atoms with E-state index < -0.39 is 5.92 Å². The van der Waals surface area contributed by atoms with Gasteiger partial charge in [0, 0.05) is 44.0 Å². The van der Waals surface area contributed by atoms with Crippen molar-refractivity contribution in [3.63, 3.8) is 0 Å². The molecule has 0 radical (unpaired) electrons. The highest BCUT2D eigenvalue weighted by Gasteiger charge is 2.37. The maximum atomic E-state index is 13.1. The number of fused-ring (bicyclic) bond motifs is 1. The summed E-state index contributed by atoms with van der Waals surface area (Å²) in [4.78, 5) is 10.1. The lowest BCUT2D eigenvalue weighted by molar-refractivity contribution is 0.0112. The zero-order valence-corrected chi connectivity index (χ0v) is 12.3. The number of alkyl halides is 2. The molecule has 0 amide bonds. The summed E-state index contributed by atoms with van der Waals surface area (Å²) in [7, 11) is 1.55. The predicted octanol–water partition coefficient (Wildman–Crippen LogP) is 2.36. The van der Waals surface area contributed by atoms with E-state index in [0.717, 1.165) is 0 Å². The number of hydrogen-bond donors (Lipinski definition) is 0. The Kier molecular flexibility index (Phi) is 4.06. The third-order valence-corrected chi connectivity index (χ3v) is 3.67. The molecular weight excluding hydrogens is 292 g/mol. The summed E-state index contributed by atoms with van der Waals surface area (Å²) in [6, 6.07) is 3.50. The fourth-order valence-corrected chi connectivity index (χ4v) is 2.53. The van der Waals surface area contributed by atoms with Gasteiger partial charge < -0.3 is 9.47 Å². The lowest BCUT2D eigenvalue weighted by atomic mass is 10.2. The highest BCUT2D eigenvalue weighted by molar-refractivity contribution is 5.78. The number of hydrogen-bond acceptors (Lipinski definition) is 5. The van der Waals surface area contributed by atoms with Gasteiger partial charge in [0.2, 0.25) is 0 Å². The average molecular weight is 309 g/mol. The first-order valence-electron chi connectivity index (χ1n) is 7.09. The second-order valence-corrected chi connectivity index (χ2v) is 5.28.